The average molecular weight is 272 g/mol. The van der Waals surface area contributed by atoms with Crippen LogP contribution in [0.5, 0.6) is 0 Å². The van der Waals surface area contributed by atoms with Crippen molar-refractivity contribution in [3.8, 4) is 0 Å². The number of rotatable bonds is 8. The molecule has 0 saturated heterocycles. The van der Waals surface area contributed by atoms with Gasteiger partial charge in [0.1, 0.15) is 6.54 Å². The summed E-state index contributed by atoms with van der Waals surface area (Å²) in [5.74, 6) is -0.855. The molecule has 0 saturated carbocycles. The maximum absolute atomic E-state index is 10.8. The number of nitrogens with zero attached hydrogens (tertiary/aromatic N) is 1. The highest BCUT2D eigenvalue weighted by molar-refractivity contribution is 6.30. The van der Waals surface area contributed by atoms with Gasteiger partial charge in [0.2, 0.25) is 0 Å². The summed E-state index contributed by atoms with van der Waals surface area (Å²) in [4.78, 5) is 12.6. The molecule has 100 valence electrons. The third kappa shape index (κ3) is 5.38. The fourth-order valence-corrected chi connectivity index (χ4v) is 1.83. The van der Waals surface area contributed by atoms with E-state index in [2.05, 4.69) is 0 Å². The summed E-state index contributed by atoms with van der Waals surface area (Å²) < 4.78 is 0. The second-order valence-electron chi connectivity index (χ2n) is 4.08. The number of aliphatic hydroxyl groups excluding tert-OH is 1. The highest BCUT2D eigenvalue weighted by Crippen LogP contribution is 2.18. The quantitative estimate of drug-likeness (QED) is 0.713. The van der Waals surface area contributed by atoms with Crippen molar-refractivity contribution in [1.29, 1.82) is 0 Å². The fraction of sp³-hybridized carbons (Fsp3) is 0.462. The molecule has 0 bridgehead atoms. The minimum atomic E-state index is -0.855. The van der Waals surface area contributed by atoms with Crippen LogP contribution in [0.4, 0.5) is 5.69 Å². The SMILES string of the molecule is O=C(O)CN(CCCCCO)c1ccc(Cl)cc1. The molecule has 0 spiro atoms. The van der Waals surface area contributed by atoms with E-state index in [1.807, 2.05) is 12.1 Å². The van der Waals surface area contributed by atoms with E-state index in [4.69, 9.17) is 21.8 Å². The van der Waals surface area contributed by atoms with Crippen molar-refractivity contribution in [2.24, 2.45) is 0 Å². The molecule has 1 aromatic carbocycles. The number of carboxylic acid groups (broad SMARTS) is 1. The Balaban J connectivity index is 2.59. The van der Waals surface area contributed by atoms with Crippen molar-refractivity contribution < 1.29 is 15.0 Å². The molecule has 0 aliphatic rings. The van der Waals surface area contributed by atoms with Gasteiger partial charge >= 0.3 is 5.97 Å². The number of aliphatic hydroxyl groups is 1. The molecule has 4 nitrogen and oxygen atoms in total. The molecular formula is C13H18ClNO3. The van der Waals surface area contributed by atoms with Gasteiger partial charge in [0.15, 0.2) is 0 Å². The predicted octanol–water partition coefficient (Wildman–Crippen LogP) is 2.39. The Morgan fingerprint density at radius 2 is 1.83 bits per heavy atom. The van der Waals surface area contributed by atoms with Crippen LogP contribution in [0.15, 0.2) is 24.3 Å². The second kappa shape index (κ2) is 7.95. The molecule has 0 aromatic heterocycles. The standard InChI is InChI=1S/C13H18ClNO3/c14-11-4-6-12(7-5-11)15(10-13(17)18)8-2-1-3-9-16/h4-7,16H,1-3,8-10H2,(H,17,18). The molecular weight excluding hydrogens is 254 g/mol. The summed E-state index contributed by atoms with van der Waals surface area (Å²) in [7, 11) is 0. The van der Waals surface area contributed by atoms with Crippen molar-refractivity contribution in [1.82, 2.24) is 0 Å². The lowest BCUT2D eigenvalue weighted by molar-refractivity contribution is -0.135. The van der Waals surface area contributed by atoms with E-state index in [1.165, 1.54) is 0 Å². The first-order chi connectivity index (χ1) is 8.63. The zero-order valence-electron chi connectivity index (χ0n) is 10.2. The van der Waals surface area contributed by atoms with Crippen molar-refractivity contribution in [3.63, 3.8) is 0 Å². The molecule has 0 heterocycles. The Bertz CT molecular complexity index is 367. The van der Waals surface area contributed by atoms with Gasteiger partial charge in [-0.1, -0.05) is 11.6 Å². The maximum Gasteiger partial charge on any atom is 0.323 e. The molecule has 0 fully saturated rings. The monoisotopic (exact) mass is 271 g/mol. The van der Waals surface area contributed by atoms with Crippen LogP contribution in [0.3, 0.4) is 0 Å². The minimum absolute atomic E-state index is 0.0270. The van der Waals surface area contributed by atoms with Gasteiger partial charge in [-0.3, -0.25) is 4.79 Å². The van der Waals surface area contributed by atoms with Gasteiger partial charge < -0.3 is 15.1 Å². The maximum atomic E-state index is 10.8. The van der Waals surface area contributed by atoms with Crippen LogP contribution < -0.4 is 4.90 Å². The van der Waals surface area contributed by atoms with Crippen LogP contribution in [-0.4, -0.2) is 35.9 Å². The van der Waals surface area contributed by atoms with Gasteiger partial charge in [-0.05, 0) is 43.5 Å². The third-order valence-electron chi connectivity index (χ3n) is 2.60. The lowest BCUT2D eigenvalue weighted by Gasteiger charge is -2.22. The van der Waals surface area contributed by atoms with Gasteiger partial charge in [0, 0.05) is 23.9 Å². The number of benzene rings is 1. The first-order valence-corrected chi connectivity index (χ1v) is 6.34. The largest absolute Gasteiger partial charge is 0.480 e. The van der Waals surface area contributed by atoms with E-state index < -0.39 is 5.97 Å². The van der Waals surface area contributed by atoms with E-state index in [-0.39, 0.29) is 13.2 Å². The smallest absolute Gasteiger partial charge is 0.323 e. The van der Waals surface area contributed by atoms with Crippen LogP contribution in [0.1, 0.15) is 19.3 Å². The molecule has 5 heteroatoms. The number of anilines is 1. The predicted molar refractivity (Wildman–Crippen MR) is 72.2 cm³/mol. The van der Waals surface area contributed by atoms with Gasteiger partial charge in [0.25, 0.3) is 0 Å². The molecule has 18 heavy (non-hydrogen) atoms. The third-order valence-corrected chi connectivity index (χ3v) is 2.86. The fourth-order valence-electron chi connectivity index (χ4n) is 1.71. The van der Waals surface area contributed by atoms with E-state index in [0.29, 0.717) is 11.6 Å². The summed E-state index contributed by atoms with van der Waals surface area (Å²) >= 11 is 5.81. The first-order valence-electron chi connectivity index (χ1n) is 5.96. The topological polar surface area (TPSA) is 60.8 Å². The number of hydrogen-bond donors (Lipinski definition) is 2. The highest BCUT2D eigenvalue weighted by Gasteiger charge is 2.10. The molecule has 0 radical (unpaired) electrons. The molecule has 0 amide bonds. The molecule has 0 aliphatic carbocycles. The Morgan fingerprint density at radius 3 is 2.39 bits per heavy atom. The number of aliphatic carboxylic acids is 1. The van der Waals surface area contributed by atoms with Gasteiger partial charge in [-0.25, -0.2) is 0 Å². The van der Waals surface area contributed by atoms with Gasteiger partial charge in [-0.15, -0.1) is 0 Å². The molecule has 0 unspecified atom stereocenters. The lowest BCUT2D eigenvalue weighted by atomic mass is 10.2. The minimum Gasteiger partial charge on any atom is -0.480 e. The van der Waals surface area contributed by atoms with Crippen molar-refractivity contribution >= 4 is 23.3 Å². The van der Waals surface area contributed by atoms with Crippen molar-refractivity contribution in [3.05, 3.63) is 29.3 Å². The number of hydrogen-bond acceptors (Lipinski definition) is 3. The molecule has 1 aromatic rings. The highest BCUT2D eigenvalue weighted by atomic mass is 35.5. The van der Waals surface area contributed by atoms with Crippen molar-refractivity contribution in [2.75, 3.05) is 24.6 Å². The Labute approximate surface area is 112 Å². The summed E-state index contributed by atoms with van der Waals surface area (Å²) in [6, 6.07) is 7.13. The molecule has 1 rings (SSSR count). The average Bonchev–Trinajstić information content (AvgIpc) is 2.34. The summed E-state index contributed by atoms with van der Waals surface area (Å²) in [5.41, 5.74) is 0.853. The van der Waals surface area contributed by atoms with Crippen LogP contribution in [-0.2, 0) is 4.79 Å². The zero-order chi connectivity index (χ0) is 13.4. The van der Waals surface area contributed by atoms with E-state index in [0.717, 1.165) is 24.9 Å². The van der Waals surface area contributed by atoms with Crippen LogP contribution in [0.2, 0.25) is 5.02 Å². The molecule has 0 atom stereocenters. The Morgan fingerprint density at radius 1 is 1.17 bits per heavy atom. The van der Waals surface area contributed by atoms with Crippen LogP contribution in [0.25, 0.3) is 0 Å². The van der Waals surface area contributed by atoms with Crippen molar-refractivity contribution in [2.45, 2.75) is 19.3 Å². The van der Waals surface area contributed by atoms with Crippen LogP contribution >= 0.6 is 11.6 Å². The number of unbranched alkanes of at least 4 members (excludes halogenated alkanes) is 2. The Hall–Kier alpha value is -1.26. The molecule has 0 aliphatic heterocycles. The lowest BCUT2D eigenvalue weighted by Crippen LogP contribution is -2.30. The van der Waals surface area contributed by atoms with Crippen LogP contribution in [0, 0.1) is 0 Å². The normalized spacial score (nSPS) is 10.3. The number of carboxylic acids is 1. The van der Waals surface area contributed by atoms with E-state index >= 15 is 0 Å². The summed E-state index contributed by atoms with van der Waals surface area (Å²) in [5, 5.41) is 18.2. The zero-order valence-corrected chi connectivity index (χ0v) is 10.9. The number of halogens is 1. The second-order valence-corrected chi connectivity index (χ2v) is 4.51. The van der Waals surface area contributed by atoms with E-state index in [9.17, 15) is 4.79 Å². The van der Waals surface area contributed by atoms with E-state index in [1.54, 1.807) is 17.0 Å². The summed E-state index contributed by atoms with van der Waals surface area (Å²) in [6.45, 7) is 0.814. The van der Waals surface area contributed by atoms with Gasteiger partial charge in [-0.2, -0.15) is 0 Å². The van der Waals surface area contributed by atoms with Gasteiger partial charge in [0.05, 0.1) is 0 Å². The summed E-state index contributed by atoms with van der Waals surface area (Å²) in [6.07, 6.45) is 2.50. The first kappa shape index (κ1) is 14.8. The Kier molecular flexibility index (Phi) is 6.54. The molecule has 2 N–H and O–H groups in total. The number of carbonyl (C=O) groups is 1.